The van der Waals surface area contributed by atoms with Gasteiger partial charge >= 0.3 is 5.97 Å². The molecule has 0 atom stereocenters. The average Bonchev–Trinajstić information content (AvgIpc) is 2.48. The van der Waals surface area contributed by atoms with Crippen LogP contribution in [0.3, 0.4) is 0 Å². The predicted molar refractivity (Wildman–Crippen MR) is 89.3 cm³/mol. The maximum Gasteiger partial charge on any atom is 0.335 e. The van der Waals surface area contributed by atoms with Crippen molar-refractivity contribution < 1.29 is 14.7 Å². The lowest BCUT2D eigenvalue weighted by Gasteiger charge is -2.07. The molecule has 0 aliphatic heterocycles. The summed E-state index contributed by atoms with van der Waals surface area (Å²) < 4.78 is 0.918. The summed E-state index contributed by atoms with van der Waals surface area (Å²) in [5, 5.41) is 11.9. The van der Waals surface area contributed by atoms with Crippen LogP contribution in [0, 0.1) is 0 Å². The predicted octanol–water partition coefficient (Wildman–Crippen LogP) is 4.35. The van der Waals surface area contributed by atoms with Crippen LogP contribution in [0.4, 0.5) is 5.69 Å². The maximum absolute atomic E-state index is 12.1. The molecule has 0 fully saturated rings. The quantitative estimate of drug-likeness (QED) is 0.615. The van der Waals surface area contributed by atoms with Gasteiger partial charge in [-0.25, -0.2) is 4.79 Å². The number of nitrogens with one attached hydrogen (secondary N) is 1. The van der Waals surface area contributed by atoms with Crippen LogP contribution in [-0.2, 0) is 0 Å². The first-order valence-corrected chi connectivity index (χ1v) is 7.33. The monoisotopic (exact) mass is 359 g/mol. The van der Waals surface area contributed by atoms with Gasteiger partial charge in [0.2, 0.25) is 0 Å². The minimum Gasteiger partial charge on any atom is -0.478 e. The van der Waals surface area contributed by atoms with E-state index < -0.39 is 5.97 Å². The van der Waals surface area contributed by atoms with E-state index in [9.17, 15) is 9.59 Å². The van der Waals surface area contributed by atoms with Crippen LogP contribution in [0.5, 0.6) is 0 Å². The van der Waals surface area contributed by atoms with E-state index in [0.29, 0.717) is 11.3 Å². The van der Waals surface area contributed by atoms with Crippen molar-refractivity contribution in [3.8, 4) is 0 Å². The highest BCUT2D eigenvalue weighted by Gasteiger charge is 2.04. The molecule has 0 amide bonds. The van der Waals surface area contributed by atoms with E-state index in [4.69, 9.17) is 5.11 Å². The fourth-order valence-corrected chi connectivity index (χ4v) is 2.12. The molecule has 0 aliphatic rings. The van der Waals surface area contributed by atoms with Crippen molar-refractivity contribution in [3.63, 3.8) is 0 Å². The van der Waals surface area contributed by atoms with Crippen molar-refractivity contribution in [2.75, 3.05) is 5.32 Å². The lowest BCUT2D eigenvalue weighted by atomic mass is 10.1. The van der Waals surface area contributed by atoms with E-state index in [2.05, 4.69) is 21.2 Å². The number of allylic oxidation sites excluding steroid dienone is 2. The molecule has 2 aromatic carbocycles. The first-order valence-electron chi connectivity index (χ1n) is 6.54. The molecule has 0 unspecified atom stereocenters. The highest BCUT2D eigenvalue weighted by atomic mass is 79.9. The number of anilines is 1. The lowest BCUT2D eigenvalue weighted by Crippen LogP contribution is -2.02. The highest BCUT2D eigenvalue weighted by Crippen LogP contribution is 2.14. The van der Waals surface area contributed by atoms with Crippen LogP contribution in [0.25, 0.3) is 0 Å². The summed E-state index contributed by atoms with van der Waals surface area (Å²) in [5.74, 6) is -1.07. The highest BCUT2D eigenvalue weighted by molar-refractivity contribution is 9.10. The van der Waals surface area contributed by atoms with Gasteiger partial charge < -0.3 is 10.4 Å². The number of rotatable bonds is 5. The van der Waals surface area contributed by atoms with E-state index in [0.717, 1.165) is 10.2 Å². The van der Waals surface area contributed by atoms with Crippen LogP contribution in [0.2, 0.25) is 0 Å². The molecule has 0 radical (unpaired) electrons. The van der Waals surface area contributed by atoms with E-state index in [-0.39, 0.29) is 11.3 Å². The number of carbonyl (C=O) groups is 2. The molecule has 0 bridgehead atoms. The van der Waals surface area contributed by atoms with E-state index in [1.54, 1.807) is 31.2 Å². The Morgan fingerprint density at radius 3 is 2.09 bits per heavy atom. The van der Waals surface area contributed by atoms with Gasteiger partial charge in [-0.15, -0.1) is 0 Å². The molecule has 0 aliphatic carbocycles. The van der Waals surface area contributed by atoms with E-state index >= 15 is 0 Å². The Balaban J connectivity index is 2.07. The lowest BCUT2D eigenvalue weighted by molar-refractivity contribution is 0.0696. The molecule has 112 valence electrons. The minimum atomic E-state index is -0.968. The van der Waals surface area contributed by atoms with Gasteiger partial charge in [0.25, 0.3) is 0 Å². The van der Waals surface area contributed by atoms with Crippen molar-refractivity contribution in [2.24, 2.45) is 0 Å². The molecule has 2 N–H and O–H groups in total. The van der Waals surface area contributed by atoms with Gasteiger partial charge in [-0.05, 0) is 55.5 Å². The molecule has 2 aromatic rings. The van der Waals surface area contributed by atoms with Crippen LogP contribution in [-0.4, -0.2) is 16.9 Å². The number of halogens is 1. The topological polar surface area (TPSA) is 66.4 Å². The van der Waals surface area contributed by atoms with Crippen molar-refractivity contribution in [3.05, 3.63) is 75.9 Å². The first-order chi connectivity index (χ1) is 10.5. The van der Waals surface area contributed by atoms with Crippen molar-refractivity contribution in [1.82, 2.24) is 0 Å². The number of ketones is 1. The summed E-state index contributed by atoms with van der Waals surface area (Å²) >= 11 is 3.32. The Kier molecular flexibility index (Phi) is 5.12. The molecular weight excluding hydrogens is 346 g/mol. The van der Waals surface area contributed by atoms with Gasteiger partial charge in [-0.1, -0.05) is 15.9 Å². The van der Waals surface area contributed by atoms with Crippen LogP contribution in [0.1, 0.15) is 27.6 Å². The largest absolute Gasteiger partial charge is 0.478 e. The maximum atomic E-state index is 12.1. The van der Waals surface area contributed by atoms with E-state index in [1.165, 1.54) is 18.2 Å². The molecule has 22 heavy (non-hydrogen) atoms. The van der Waals surface area contributed by atoms with Gasteiger partial charge in [-0.3, -0.25) is 4.79 Å². The second-order valence-electron chi connectivity index (χ2n) is 4.71. The number of benzene rings is 2. The van der Waals surface area contributed by atoms with Gasteiger partial charge in [0, 0.05) is 27.5 Å². The van der Waals surface area contributed by atoms with E-state index in [1.807, 2.05) is 12.1 Å². The molecule has 0 heterocycles. The Labute approximate surface area is 136 Å². The fourth-order valence-electron chi connectivity index (χ4n) is 1.85. The third-order valence-corrected chi connectivity index (χ3v) is 3.48. The average molecular weight is 360 g/mol. The minimum absolute atomic E-state index is 0.0975. The smallest absolute Gasteiger partial charge is 0.335 e. The fraction of sp³-hybridized carbons (Fsp3) is 0.0588. The van der Waals surface area contributed by atoms with Gasteiger partial charge in [0.1, 0.15) is 0 Å². The number of hydrogen-bond acceptors (Lipinski definition) is 3. The Hall–Kier alpha value is -2.40. The Morgan fingerprint density at radius 2 is 1.55 bits per heavy atom. The number of carboxylic acids is 1. The Morgan fingerprint density at radius 1 is 1.00 bits per heavy atom. The van der Waals surface area contributed by atoms with Gasteiger partial charge in [0.15, 0.2) is 5.78 Å². The SMILES string of the molecule is CC(=CC(=O)c1ccc(Br)cc1)Nc1ccc(C(=O)O)cc1. The zero-order valence-electron chi connectivity index (χ0n) is 11.8. The normalized spacial score (nSPS) is 11.1. The van der Waals surface area contributed by atoms with Crippen LogP contribution in [0.15, 0.2) is 64.8 Å². The van der Waals surface area contributed by atoms with Crippen LogP contribution < -0.4 is 5.32 Å². The third kappa shape index (κ3) is 4.30. The number of carbonyl (C=O) groups excluding carboxylic acids is 1. The molecule has 0 saturated carbocycles. The zero-order chi connectivity index (χ0) is 16.1. The van der Waals surface area contributed by atoms with Crippen LogP contribution >= 0.6 is 15.9 Å². The summed E-state index contributed by atoms with van der Waals surface area (Å²) in [6.45, 7) is 1.78. The zero-order valence-corrected chi connectivity index (χ0v) is 13.4. The number of hydrogen-bond donors (Lipinski definition) is 2. The molecule has 4 nitrogen and oxygen atoms in total. The molecule has 0 saturated heterocycles. The third-order valence-electron chi connectivity index (χ3n) is 2.95. The second kappa shape index (κ2) is 7.04. The number of aromatic carboxylic acids is 1. The molecular formula is C17H14BrNO3. The summed E-state index contributed by atoms with van der Waals surface area (Å²) in [4.78, 5) is 22.9. The summed E-state index contributed by atoms with van der Waals surface area (Å²) in [7, 11) is 0. The summed E-state index contributed by atoms with van der Waals surface area (Å²) in [6.07, 6.45) is 1.51. The number of carboxylic acid groups (broad SMARTS) is 1. The molecule has 0 aromatic heterocycles. The molecule has 5 heteroatoms. The first kappa shape index (κ1) is 16.0. The summed E-state index contributed by atoms with van der Waals surface area (Å²) in [5.41, 5.74) is 2.22. The molecule has 0 spiro atoms. The standard InChI is InChI=1S/C17H14BrNO3/c1-11(10-16(20)12-2-6-14(18)7-3-12)19-15-8-4-13(5-9-15)17(21)22/h2-10,19H,1H3,(H,21,22). The van der Waals surface area contributed by atoms with Gasteiger partial charge in [-0.2, -0.15) is 0 Å². The van der Waals surface area contributed by atoms with Crippen molar-refractivity contribution >= 4 is 33.4 Å². The van der Waals surface area contributed by atoms with Crippen molar-refractivity contribution in [1.29, 1.82) is 0 Å². The molecule has 2 rings (SSSR count). The van der Waals surface area contributed by atoms with Crippen molar-refractivity contribution in [2.45, 2.75) is 6.92 Å². The second-order valence-corrected chi connectivity index (χ2v) is 5.62. The Bertz CT molecular complexity index is 719. The summed E-state index contributed by atoms with van der Waals surface area (Å²) in [6, 6.07) is 13.5. The van der Waals surface area contributed by atoms with Gasteiger partial charge in [0.05, 0.1) is 5.56 Å².